The molecule has 0 saturated carbocycles. The lowest BCUT2D eigenvalue weighted by Gasteiger charge is -2.01. The number of hydrogen-bond donors (Lipinski definition) is 1. The van der Waals surface area contributed by atoms with Crippen molar-refractivity contribution in [1.29, 1.82) is 0 Å². The van der Waals surface area contributed by atoms with E-state index in [9.17, 15) is 0 Å². The predicted octanol–water partition coefficient (Wildman–Crippen LogP) is 2.47. The lowest BCUT2D eigenvalue weighted by molar-refractivity contribution is 0.406. The molecule has 0 aliphatic heterocycles. The number of rotatable bonds is 3. The molecule has 3 heteroatoms. The molecule has 0 atom stereocenters. The van der Waals surface area contributed by atoms with E-state index in [0.29, 0.717) is 0 Å². The quantitative estimate of drug-likeness (QED) is 0.835. The van der Waals surface area contributed by atoms with Crippen LogP contribution in [0.5, 0.6) is 5.75 Å². The third kappa shape index (κ3) is 1.83. The van der Waals surface area contributed by atoms with E-state index < -0.39 is 0 Å². The summed E-state index contributed by atoms with van der Waals surface area (Å²) in [5, 5.41) is 4.16. The average molecular weight is 205 g/mol. The third-order valence-electron chi connectivity index (χ3n) is 2.35. The van der Waals surface area contributed by atoms with E-state index >= 15 is 0 Å². The van der Waals surface area contributed by atoms with Crippen LogP contribution in [0.1, 0.15) is 11.3 Å². The minimum Gasteiger partial charge on any atom is -0.493 e. The molecular weight excluding hydrogens is 190 g/mol. The zero-order valence-electron chi connectivity index (χ0n) is 9.26. The molecule has 1 aromatic heterocycles. The molecule has 0 bridgehead atoms. The highest BCUT2D eigenvalue weighted by atomic mass is 16.5. The first-order valence-corrected chi connectivity index (χ1v) is 4.96. The molecule has 0 spiro atoms. The molecule has 15 heavy (non-hydrogen) atoms. The number of methoxy groups -OCH3 is 1. The summed E-state index contributed by atoms with van der Waals surface area (Å²) >= 11 is 0. The molecule has 0 amide bonds. The first kappa shape index (κ1) is 10.1. The Kier molecular flexibility index (Phi) is 2.64. The first-order valence-electron chi connectivity index (χ1n) is 4.96. The molecule has 0 saturated heterocycles. The summed E-state index contributed by atoms with van der Waals surface area (Å²) in [6.07, 6.45) is 0. The van der Waals surface area contributed by atoms with Crippen LogP contribution in [0.2, 0.25) is 0 Å². The van der Waals surface area contributed by atoms with Gasteiger partial charge in [0.2, 0.25) is 0 Å². The first-order chi connectivity index (χ1) is 7.24. The molecule has 80 valence electrons. The van der Waals surface area contributed by atoms with E-state index in [1.807, 2.05) is 26.1 Å². The number of aryl methyl sites for hydroxylation is 1. The van der Waals surface area contributed by atoms with Crippen molar-refractivity contribution in [3.63, 3.8) is 0 Å². The Hall–Kier alpha value is -1.48. The molecule has 3 nitrogen and oxygen atoms in total. The summed E-state index contributed by atoms with van der Waals surface area (Å²) in [6, 6.07) is 6.12. The van der Waals surface area contributed by atoms with E-state index in [2.05, 4.69) is 11.4 Å². The van der Waals surface area contributed by atoms with Gasteiger partial charge >= 0.3 is 0 Å². The summed E-state index contributed by atoms with van der Waals surface area (Å²) in [7, 11) is 3.56. The number of furan rings is 1. The molecule has 1 N–H and O–H groups in total. The van der Waals surface area contributed by atoms with Crippen molar-refractivity contribution >= 4 is 11.0 Å². The number of fused-ring (bicyclic) bond motifs is 1. The average Bonchev–Trinajstić information content (AvgIpc) is 2.59. The maximum atomic E-state index is 5.70. The van der Waals surface area contributed by atoms with Gasteiger partial charge in [0.05, 0.1) is 13.7 Å². The summed E-state index contributed by atoms with van der Waals surface area (Å²) < 4.78 is 11.0. The molecule has 2 rings (SSSR count). The third-order valence-corrected chi connectivity index (χ3v) is 2.35. The Balaban J connectivity index is 2.58. The van der Waals surface area contributed by atoms with E-state index in [4.69, 9.17) is 9.15 Å². The van der Waals surface area contributed by atoms with Crippen molar-refractivity contribution in [2.24, 2.45) is 0 Å². The van der Waals surface area contributed by atoms with Crippen molar-refractivity contribution < 1.29 is 9.15 Å². The van der Waals surface area contributed by atoms with Gasteiger partial charge < -0.3 is 14.5 Å². The normalized spacial score (nSPS) is 10.9. The number of hydrogen-bond acceptors (Lipinski definition) is 3. The zero-order chi connectivity index (χ0) is 10.8. The Morgan fingerprint density at radius 3 is 2.80 bits per heavy atom. The fourth-order valence-corrected chi connectivity index (χ4v) is 1.73. The van der Waals surface area contributed by atoms with Crippen LogP contribution in [0.3, 0.4) is 0 Å². The minimum atomic E-state index is 0.733. The van der Waals surface area contributed by atoms with Crippen LogP contribution in [-0.2, 0) is 6.54 Å². The fourth-order valence-electron chi connectivity index (χ4n) is 1.73. The van der Waals surface area contributed by atoms with Gasteiger partial charge in [-0.15, -0.1) is 0 Å². The minimum absolute atomic E-state index is 0.733. The highest BCUT2D eigenvalue weighted by Crippen LogP contribution is 2.30. The van der Waals surface area contributed by atoms with Crippen LogP contribution in [0.25, 0.3) is 11.0 Å². The fraction of sp³-hybridized carbons (Fsp3) is 0.333. The number of nitrogens with one attached hydrogen (secondary N) is 1. The Bertz CT molecular complexity index is 474. The highest BCUT2D eigenvalue weighted by Gasteiger charge is 2.09. The second-order valence-corrected chi connectivity index (χ2v) is 3.63. The van der Waals surface area contributed by atoms with Crippen LogP contribution in [0.15, 0.2) is 22.6 Å². The predicted molar refractivity (Wildman–Crippen MR) is 60.3 cm³/mol. The zero-order valence-corrected chi connectivity index (χ0v) is 9.26. The Labute approximate surface area is 89.0 Å². The van der Waals surface area contributed by atoms with Crippen LogP contribution in [-0.4, -0.2) is 14.2 Å². The molecule has 0 aliphatic rings. The smallest absolute Gasteiger partial charge is 0.176 e. The molecule has 0 fully saturated rings. The molecule has 2 aromatic rings. The van der Waals surface area contributed by atoms with E-state index in [0.717, 1.165) is 29.0 Å². The molecular formula is C12H15NO2. The molecule has 0 unspecified atom stereocenters. The van der Waals surface area contributed by atoms with E-state index in [1.165, 1.54) is 5.56 Å². The molecule has 1 heterocycles. The van der Waals surface area contributed by atoms with Gasteiger partial charge in [-0.3, -0.25) is 0 Å². The van der Waals surface area contributed by atoms with Crippen molar-refractivity contribution in [2.75, 3.05) is 14.2 Å². The van der Waals surface area contributed by atoms with Crippen molar-refractivity contribution in [3.05, 3.63) is 29.5 Å². The van der Waals surface area contributed by atoms with E-state index in [-0.39, 0.29) is 0 Å². The summed E-state index contributed by atoms with van der Waals surface area (Å²) in [6.45, 7) is 2.78. The molecule has 0 radical (unpaired) electrons. The summed E-state index contributed by atoms with van der Waals surface area (Å²) in [5.74, 6) is 1.73. The van der Waals surface area contributed by atoms with Crippen LogP contribution >= 0.6 is 0 Å². The maximum absolute atomic E-state index is 5.70. The monoisotopic (exact) mass is 205 g/mol. The van der Waals surface area contributed by atoms with Gasteiger partial charge in [0.15, 0.2) is 11.3 Å². The number of benzene rings is 1. The second kappa shape index (κ2) is 3.95. The lowest BCUT2D eigenvalue weighted by atomic mass is 10.1. The van der Waals surface area contributed by atoms with Gasteiger partial charge in [-0.1, -0.05) is 0 Å². The van der Waals surface area contributed by atoms with Crippen molar-refractivity contribution in [2.45, 2.75) is 13.5 Å². The summed E-state index contributed by atoms with van der Waals surface area (Å²) in [5.41, 5.74) is 2.00. The van der Waals surface area contributed by atoms with Gasteiger partial charge in [0.1, 0.15) is 5.76 Å². The van der Waals surface area contributed by atoms with Gasteiger partial charge in [-0.2, -0.15) is 0 Å². The SMILES string of the molecule is CNCc1cc2cc(C)cc(OC)c2o1. The van der Waals surface area contributed by atoms with Gasteiger partial charge in [0.25, 0.3) is 0 Å². The van der Waals surface area contributed by atoms with Gasteiger partial charge in [-0.05, 0) is 37.7 Å². The van der Waals surface area contributed by atoms with Crippen molar-refractivity contribution in [1.82, 2.24) is 5.32 Å². The second-order valence-electron chi connectivity index (χ2n) is 3.63. The lowest BCUT2D eigenvalue weighted by Crippen LogP contribution is -2.03. The van der Waals surface area contributed by atoms with E-state index in [1.54, 1.807) is 7.11 Å². The van der Waals surface area contributed by atoms with Gasteiger partial charge in [-0.25, -0.2) is 0 Å². The Morgan fingerprint density at radius 2 is 2.13 bits per heavy atom. The largest absolute Gasteiger partial charge is 0.493 e. The van der Waals surface area contributed by atoms with Crippen LogP contribution in [0.4, 0.5) is 0 Å². The molecule has 0 aliphatic carbocycles. The number of ether oxygens (including phenoxy) is 1. The maximum Gasteiger partial charge on any atom is 0.176 e. The van der Waals surface area contributed by atoms with Crippen LogP contribution in [0, 0.1) is 6.92 Å². The van der Waals surface area contributed by atoms with Crippen LogP contribution < -0.4 is 10.1 Å². The topological polar surface area (TPSA) is 34.4 Å². The van der Waals surface area contributed by atoms with Crippen molar-refractivity contribution in [3.8, 4) is 5.75 Å². The van der Waals surface area contributed by atoms with Gasteiger partial charge in [0, 0.05) is 5.39 Å². The molecule has 1 aromatic carbocycles. The summed E-state index contributed by atoms with van der Waals surface area (Å²) in [4.78, 5) is 0. The highest BCUT2D eigenvalue weighted by molar-refractivity contribution is 5.84. The Morgan fingerprint density at radius 1 is 1.33 bits per heavy atom. The standard InChI is InChI=1S/C12H15NO2/c1-8-4-9-6-10(7-13-2)15-12(9)11(5-8)14-3/h4-6,13H,7H2,1-3H3.